The molecule has 2 aromatic heterocycles. The van der Waals surface area contributed by atoms with E-state index in [-0.39, 0.29) is 5.78 Å². The van der Waals surface area contributed by atoms with E-state index in [9.17, 15) is 4.79 Å². The molecular weight excluding hydrogens is 356 g/mol. The number of hydrogen-bond donors (Lipinski definition) is 1. The van der Waals surface area contributed by atoms with E-state index in [0.29, 0.717) is 27.5 Å². The maximum atomic E-state index is 12.7. The maximum absolute atomic E-state index is 12.7. The minimum Gasteiger partial charge on any atom is -0.497 e. The zero-order valence-electron chi connectivity index (χ0n) is 11.0. The van der Waals surface area contributed by atoms with Crippen molar-refractivity contribution >= 4 is 44.3 Å². The largest absolute Gasteiger partial charge is 0.497 e. The fourth-order valence-electron chi connectivity index (χ4n) is 2.12. The molecule has 106 valence electrons. The molecular formula is C15H10BrClN2O2. The monoisotopic (exact) mass is 364 g/mol. The van der Waals surface area contributed by atoms with Gasteiger partial charge in [0.25, 0.3) is 0 Å². The van der Waals surface area contributed by atoms with Crippen LogP contribution < -0.4 is 4.74 Å². The molecule has 0 amide bonds. The van der Waals surface area contributed by atoms with E-state index in [1.807, 2.05) is 6.07 Å². The molecule has 0 bridgehead atoms. The Morgan fingerprint density at radius 1 is 1.33 bits per heavy atom. The lowest BCUT2D eigenvalue weighted by molar-refractivity contribution is 0.104. The molecule has 0 aliphatic rings. The van der Waals surface area contributed by atoms with Crippen LogP contribution >= 0.6 is 27.5 Å². The van der Waals surface area contributed by atoms with Crippen LogP contribution in [0.2, 0.25) is 5.02 Å². The highest BCUT2D eigenvalue weighted by atomic mass is 79.9. The number of nitrogens with zero attached hydrogens (tertiary/aromatic N) is 1. The van der Waals surface area contributed by atoms with Gasteiger partial charge in [-0.25, -0.2) is 4.98 Å². The number of ketones is 1. The number of rotatable bonds is 3. The van der Waals surface area contributed by atoms with Gasteiger partial charge in [0.1, 0.15) is 11.4 Å². The first-order valence-electron chi connectivity index (χ1n) is 6.11. The minimum atomic E-state index is -0.176. The normalized spacial score (nSPS) is 10.8. The first-order chi connectivity index (χ1) is 10.1. The molecule has 0 saturated heterocycles. The highest BCUT2D eigenvalue weighted by Gasteiger charge is 2.18. The fourth-order valence-corrected chi connectivity index (χ4v) is 2.65. The van der Waals surface area contributed by atoms with Gasteiger partial charge >= 0.3 is 0 Å². The SMILES string of the molecule is COc1ccc(Cl)c(C(=O)c2c[nH]c3ncc(Br)cc23)c1. The Labute approximate surface area is 134 Å². The number of benzene rings is 1. The van der Waals surface area contributed by atoms with Crippen LogP contribution in [0.3, 0.4) is 0 Å². The average molecular weight is 366 g/mol. The Kier molecular flexibility index (Phi) is 3.69. The van der Waals surface area contributed by atoms with Gasteiger partial charge in [-0.05, 0) is 40.2 Å². The third-order valence-electron chi connectivity index (χ3n) is 3.16. The highest BCUT2D eigenvalue weighted by molar-refractivity contribution is 9.10. The van der Waals surface area contributed by atoms with Crippen molar-refractivity contribution in [3.63, 3.8) is 0 Å². The summed E-state index contributed by atoms with van der Waals surface area (Å²) in [7, 11) is 1.55. The molecule has 0 spiro atoms. The molecule has 1 N–H and O–H groups in total. The number of carbonyl (C=O) groups excluding carboxylic acids is 1. The molecule has 0 fully saturated rings. The standard InChI is InChI=1S/C15H10BrClN2O2/c1-21-9-2-3-13(17)11(5-9)14(20)12-7-19-15-10(12)4-8(16)6-18-15/h2-7H,1H3,(H,18,19). The first-order valence-corrected chi connectivity index (χ1v) is 7.28. The molecule has 1 aromatic carbocycles. The number of methoxy groups -OCH3 is 1. The zero-order valence-corrected chi connectivity index (χ0v) is 13.3. The number of aromatic amines is 1. The molecule has 21 heavy (non-hydrogen) atoms. The van der Waals surface area contributed by atoms with E-state index < -0.39 is 0 Å². The van der Waals surface area contributed by atoms with E-state index in [2.05, 4.69) is 25.9 Å². The minimum absolute atomic E-state index is 0.176. The Morgan fingerprint density at radius 3 is 2.90 bits per heavy atom. The molecule has 3 aromatic rings. The van der Waals surface area contributed by atoms with Crippen LogP contribution in [0.4, 0.5) is 0 Å². The summed E-state index contributed by atoms with van der Waals surface area (Å²) in [5, 5.41) is 1.13. The van der Waals surface area contributed by atoms with Crippen molar-refractivity contribution in [2.45, 2.75) is 0 Å². The van der Waals surface area contributed by atoms with E-state index in [1.54, 1.807) is 37.7 Å². The van der Waals surface area contributed by atoms with Crippen molar-refractivity contribution in [3.8, 4) is 5.75 Å². The van der Waals surface area contributed by atoms with Crippen molar-refractivity contribution in [1.82, 2.24) is 9.97 Å². The zero-order chi connectivity index (χ0) is 15.0. The average Bonchev–Trinajstić information content (AvgIpc) is 2.90. The Balaban J connectivity index is 2.14. The number of halogens is 2. The van der Waals surface area contributed by atoms with E-state index in [4.69, 9.17) is 16.3 Å². The molecule has 0 saturated carbocycles. The Hall–Kier alpha value is -1.85. The Bertz CT molecular complexity index is 845. The number of hydrogen-bond acceptors (Lipinski definition) is 3. The number of aromatic nitrogens is 2. The quantitative estimate of drug-likeness (QED) is 0.707. The van der Waals surface area contributed by atoms with Crippen LogP contribution in [-0.4, -0.2) is 22.9 Å². The van der Waals surface area contributed by atoms with Gasteiger partial charge in [0.15, 0.2) is 5.78 Å². The lowest BCUT2D eigenvalue weighted by Gasteiger charge is -2.06. The number of ether oxygens (including phenoxy) is 1. The summed E-state index contributed by atoms with van der Waals surface area (Å²) in [6.45, 7) is 0. The van der Waals surface area contributed by atoms with Crippen molar-refractivity contribution in [3.05, 3.63) is 57.3 Å². The second-order valence-electron chi connectivity index (χ2n) is 4.43. The summed E-state index contributed by atoms with van der Waals surface area (Å²) in [6, 6.07) is 6.85. The van der Waals surface area contributed by atoms with Gasteiger partial charge in [0.05, 0.1) is 12.1 Å². The predicted octanol–water partition coefficient (Wildman–Crippen LogP) is 4.22. The van der Waals surface area contributed by atoms with Crippen LogP contribution in [0.1, 0.15) is 15.9 Å². The molecule has 4 nitrogen and oxygen atoms in total. The van der Waals surface area contributed by atoms with Crippen LogP contribution in [-0.2, 0) is 0 Å². The lowest BCUT2D eigenvalue weighted by Crippen LogP contribution is -2.02. The molecule has 0 aliphatic carbocycles. The summed E-state index contributed by atoms with van der Waals surface area (Å²) in [5.74, 6) is 0.409. The summed E-state index contributed by atoms with van der Waals surface area (Å²) in [4.78, 5) is 19.9. The Morgan fingerprint density at radius 2 is 2.14 bits per heavy atom. The van der Waals surface area contributed by atoms with Gasteiger partial charge in [-0.1, -0.05) is 11.6 Å². The topological polar surface area (TPSA) is 55.0 Å². The number of fused-ring (bicyclic) bond motifs is 1. The van der Waals surface area contributed by atoms with Crippen molar-refractivity contribution in [2.24, 2.45) is 0 Å². The summed E-state index contributed by atoms with van der Waals surface area (Å²) in [5.41, 5.74) is 1.58. The van der Waals surface area contributed by atoms with Crippen molar-refractivity contribution < 1.29 is 9.53 Å². The van der Waals surface area contributed by atoms with Gasteiger partial charge in [0, 0.05) is 33.4 Å². The maximum Gasteiger partial charge on any atom is 0.196 e. The third-order valence-corrected chi connectivity index (χ3v) is 3.92. The predicted molar refractivity (Wildman–Crippen MR) is 85.2 cm³/mol. The smallest absolute Gasteiger partial charge is 0.196 e. The van der Waals surface area contributed by atoms with Gasteiger partial charge in [-0.3, -0.25) is 4.79 Å². The van der Waals surface area contributed by atoms with Crippen LogP contribution in [0.15, 0.2) is 41.1 Å². The van der Waals surface area contributed by atoms with Gasteiger partial charge < -0.3 is 9.72 Å². The lowest BCUT2D eigenvalue weighted by atomic mass is 10.0. The van der Waals surface area contributed by atoms with Crippen molar-refractivity contribution in [1.29, 1.82) is 0 Å². The second kappa shape index (κ2) is 5.50. The molecule has 2 heterocycles. The molecule has 0 atom stereocenters. The molecule has 0 radical (unpaired) electrons. The summed E-state index contributed by atoms with van der Waals surface area (Å²) < 4.78 is 5.95. The van der Waals surface area contributed by atoms with Gasteiger partial charge in [-0.2, -0.15) is 0 Å². The number of H-pyrrole nitrogens is 1. The van der Waals surface area contributed by atoms with Crippen LogP contribution in [0.25, 0.3) is 11.0 Å². The summed E-state index contributed by atoms with van der Waals surface area (Å²) in [6.07, 6.45) is 3.31. The number of carbonyl (C=O) groups is 1. The van der Waals surface area contributed by atoms with Crippen LogP contribution in [0.5, 0.6) is 5.75 Å². The molecule has 6 heteroatoms. The highest BCUT2D eigenvalue weighted by Crippen LogP contribution is 2.28. The fraction of sp³-hybridized carbons (Fsp3) is 0.0667. The third kappa shape index (κ3) is 2.54. The van der Waals surface area contributed by atoms with Crippen molar-refractivity contribution in [2.75, 3.05) is 7.11 Å². The van der Waals surface area contributed by atoms with Gasteiger partial charge in [0.2, 0.25) is 0 Å². The second-order valence-corrected chi connectivity index (χ2v) is 5.75. The number of nitrogens with one attached hydrogen (secondary N) is 1. The molecule has 3 rings (SSSR count). The van der Waals surface area contributed by atoms with Gasteiger partial charge in [-0.15, -0.1) is 0 Å². The molecule has 0 aliphatic heterocycles. The van der Waals surface area contributed by atoms with E-state index in [0.717, 1.165) is 9.86 Å². The van der Waals surface area contributed by atoms with E-state index in [1.165, 1.54) is 0 Å². The molecule has 0 unspecified atom stereocenters. The number of pyridine rings is 1. The first kappa shape index (κ1) is 14.1. The van der Waals surface area contributed by atoms with Crippen LogP contribution in [0, 0.1) is 0 Å². The van der Waals surface area contributed by atoms with E-state index >= 15 is 0 Å². The summed E-state index contributed by atoms with van der Waals surface area (Å²) >= 11 is 9.50.